The van der Waals surface area contributed by atoms with Crippen molar-refractivity contribution in [2.24, 2.45) is 5.41 Å². The van der Waals surface area contributed by atoms with Gasteiger partial charge in [-0.2, -0.15) is 0 Å². The van der Waals surface area contributed by atoms with Crippen molar-refractivity contribution >= 4 is 11.8 Å². The van der Waals surface area contributed by atoms with E-state index in [-0.39, 0.29) is 11.8 Å². The molecule has 0 radical (unpaired) electrons. The molecule has 1 saturated heterocycles. The van der Waals surface area contributed by atoms with Crippen LogP contribution in [0.25, 0.3) is 11.1 Å². The lowest BCUT2D eigenvalue weighted by molar-refractivity contribution is -0.132. The second-order valence-corrected chi connectivity index (χ2v) is 8.03. The molecule has 31 heavy (non-hydrogen) atoms. The zero-order valence-electron chi connectivity index (χ0n) is 17.6. The molecular formula is C25H26N4O2. The molecule has 1 atom stereocenters. The van der Waals surface area contributed by atoms with E-state index in [9.17, 15) is 9.59 Å². The fourth-order valence-electron chi connectivity index (χ4n) is 4.40. The molecule has 1 aliphatic heterocycles. The van der Waals surface area contributed by atoms with Crippen LogP contribution in [-0.4, -0.2) is 46.8 Å². The molecule has 1 fully saturated rings. The quantitative estimate of drug-likeness (QED) is 0.673. The van der Waals surface area contributed by atoms with Gasteiger partial charge in [-0.3, -0.25) is 19.6 Å². The summed E-state index contributed by atoms with van der Waals surface area (Å²) < 4.78 is 0. The van der Waals surface area contributed by atoms with Crippen molar-refractivity contribution in [2.45, 2.75) is 19.3 Å². The van der Waals surface area contributed by atoms with E-state index in [0.29, 0.717) is 32.4 Å². The van der Waals surface area contributed by atoms with Crippen molar-refractivity contribution in [1.29, 1.82) is 0 Å². The van der Waals surface area contributed by atoms with Gasteiger partial charge in [-0.1, -0.05) is 30.3 Å². The average Bonchev–Trinajstić information content (AvgIpc) is 3.25. The number of carbonyl (C=O) groups is 2. The molecule has 2 amide bonds. The third-order valence-electron chi connectivity index (χ3n) is 6.03. The van der Waals surface area contributed by atoms with Gasteiger partial charge in [0, 0.05) is 44.9 Å². The van der Waals surface area contributed by atoms with E-state index < -0.39 is 5.41 Å². The number of carbonyl (C=O) groups excluding carboxylic acids is 2. The lowest BCUT2D eigenvalue weighted by atomic mass is 9.78. The number of amides is 2. The highest BCUT2D eigenvalue weighted by Crippen LogP contribution is 2.37. The minimum Gasteiger partial charge on any atom is -0.359 e. The molecular weight excluding hydrogens is 388 g/mol. The molecule has 0 spiro atoms. The molecule has 1 aromatic carbocycles. The minimum atomic E-state index is -0.650. The van der Waals surface area contributed by atoms with Crippen LogP contribution in [0.5, 0.6) is 0 Å². The average molecular weight is 415 g/mol. The highest BCUT2D eigenvalue weighted by atomic mass is 16.2. The van der Waals surface area contributed by atoms with E-state index >= 15 is 0 Å². The van der Waals surface area contributed by atoms with Gasteiger partial charge in [0.05, 0.1) is 11.8 Å². The maximum Gasteiger partial charge on any atom is 0.228 e. The molecule has 1 unspecified atom stereocenters. The molecule has 0 bridgehead atoms. The number of benzene rings is 1. The highest BCUT2D eigenvalue weighted by Gasteiger charge is 2.45. The topological polar surface area (TPSA) is 75.2 Å². The Morgan fingerprint density at radius 2 is 1.84 bits per heavy atom. The maximum absolute atomic E-state index is 13.0. The SMILES string of the molecule is CNC(=O)C1(Cc2ccccc2-c2ccncc2)CCN(C(=O)Cc2cccnc2)C1. The summed E-state index contributed by atoms with van der Waals surface area (Å²) in [6.07, 6.45) is 8.46. The Balaban J connectivity index is 1.58. The molecule has 1 N–H and O–H groups in total. The summed E-state index contributed by atoms with van der Waals surface area (Å²) in [4.78, 5) is 36.0. The maximum atomic E-state index is 13.0. The summed E-state index contributed by atoms with van der Waals surface area (Å²) in [5.41, 5.74) is 3.49. The van der Waals surface area contributed by atoms with Crippen LogP contribution in [0.1, 0.15) is 17.5 Å². The Hall–Kier alpha value is -3.54. The number of nitrogens with zero attached hydrogens (tertiary/aromatic N) is 3. The Kier molecular flexibility index (Phi) is 6.07. The van der Waals surface area contributed by atoms with Crippen LogP contribution in [0.4, 0.5) is 0 Å². The van der Waals surface area contributed by atoms with Crippen LogP contribution in [0.15, 0.2) is 73.3 Å². The fourth-order valence-corrected chi connectivity index (χ4v) is 4.40. The van der Waals surface area contributed by atoms with Crippen LogP contribution < -0.4 is 5.32 Å². The zero-order chi connectivity index (χ0) is 21.7. The largest absolute Gasteiger partial charge is 0.359 e. The number of likely N-dealkylation sites (tertiary alicyclic amines) is 1. The molecule has 1 aliphatic rings. The Bertz CT molecular complexity index is 1060. The van der Waals surface area contributed by atoms with Crippen LogP contribution in [0.3, 0.4) is 0 Å². The standard InChI is InChI=1S/C25H26N4O2/c1-26-24(31)25(10-14-29(18-25)23(30)15-19-5-4-11-28-17-19)16-21-6-2-3-7-22(21)20-8-12-27-13-9-20/h2-9,11-13,17H,10,14-16,18H2,1H3,(H,26,31). The van der Waals surface area contributed by atoms with Gasteiger partial charge >= 0.3 is 0 Å². The van der Waals surface area contributed by atoms with Crippen molar-refractivity contribution in [3.05, 3.63) is 84.4 Å². The van der Waals surface area contributed by atoms with Gasteiger partial charge in [0.2, 0.25) is 11.8 Å². The second-order valence-electron chi connectivity index (χ2n) is 8.03. The summed E-state index contributed by atoms with van der Waals surface area (Å²) in [6.45, 7) is 0.986. The summed E-state index contributed by atoms with van der Waals surface area (Å²) in [5.74, 6) is 0.00917. The minimum absolute atomic E-state index is 0.0197. The highest BCUT2D eigenvalue weighted by molar-refractivity contribution is 5.86. The van der Waals surface area contributed by atoms with E-state index in [1.807, 2.05) is 41.3 Å². The number of aromatic nitrogens is 2. The molecule has 0 saturated carbocycles. The van der Waals surface area contributed by atoms with Crippen molar-refractivity contribution < 1.29 is 9.59 Å². The molecule has 3 heterocycles. The normalized spacial score (nSPS) is 18.0. The molecule has 158 valence electrons. The summed E-state index contributed by atoms with van der Waals surface area (Å²) >= 11 is 0. The van der Waals surface area contributed by atoms with Crippen molar-refractivity contribution in [3.63, 3.8) is 0 Å². The summed E-state index contributed by atoms with van der Waals surface area (Å²) in [7, 11) is 1.67. The number of hydrogen-bond donors (Lipinski definition) is 1. The van der Waals surface area contributed by atoms with Gasteiger partial charge in [0.1, 0.15) is 0 Å². The van der Waals surface area contributed by atoms with Gasteiger partial charge in [-0.15, -0.1) is 0 Å². The third-order valence-corrected chi connectivity index (χ3v) is 6.03. The van der Waals surface area contributed by atoms with E-state index in [1.54, 1.807) is 31.8 Å². The van der Waals surface area contributed by atoms with Gasteiger partial charge < -0.3 is 10.2 Å². The first-order valence-electron chi connectivity index (χ1n) is 10.5. The molecule has 6 heteroatoms. The number of rotatable bonds is 6. The summed E-state index contributed by atoms with van der Waals surface area (Å²) in [6, 6.07) is 15.8. The van der Waals surface area contributed by atoms with E-state index in [1.165, 1.54) is 0 Å². The predicted octanol–water partition coefficient (Wildman–Crippen LogP) is 2.89. The van der Waals surface area contributed by atoms with Crippen LogP contribution in [-0.2, 0) is 22.4 Å². The molecule has 2 aromatic heterocycles. The monoisotopic (exact) mass is 414 g/mol. The molecule has 4 rings (SSSR count). The number of pyridine rings is 2. The van der Waals surface area contributed by atoms with Gasteiger partial charge in [-0.05, 0) is 53.3 Å². The van der Waals surface area contributed by atoms with Gasteiger partial charge in [0.15, 0.2) is 0 Å². The van der Waals surface area contributed by atoms with Crippen LogP contribution in [0.2, 0.25) is 0 Å². The zero-order valence-corrected chi connectivity index (χ0v) is 17.6. The Morgan fingerprint density at radius 1 is 1.03 bits per heavy atom. The predicted molar refractivity (Wildman–Crippen MR) is 119 cm³/mol. The second kappa shape index (κ2) is 9.08. The first kappa shape index (κ1) is 20.7. The van der Waals surface area contributed by atoms with Crippen molar-refractivity contribution in [3.8, 4) is 11.1 Å². The van der Waals surface area contributed by atoms with E-state index in [0.717, 1.165) is 22.3 Å². The Morgan fingerprint density at radius 3 is 2.58 bits per heavy atom. The fraction of sp³-hybridized carbons (Fsp3) is 0.280. The molecule has 0 aliphatic carbocycles. The van der Waals surface area contributed by atoms with Gasteiger partial charge in [0.25, 0.3) is 0 Å². The van der Waals surface area contributed by atoms with Crippen LogP contribution >= 0.6 is 0 Å². The first-order valence-corrected chi connectivity index (χ1v) is 10.5. The Labute approximate surface area is 182 Å². The summed E-state index contributed by atoms with van der Waals surface area (Å²) in [5, 5.41) is 2.84. The van der Waals surface area contributed by atoms with Crippen LogP contribution in [0, 0.1) is 5.41 Å². The van der Waals surface area contributed by atoms with E-state index in [2.05, 4.69) is 27.4 Å². The van der Waals surface area contributed by atoms with E-state index in [4.69, 9.17) is 0 Å². The smallest absolute Gasteiger partial charge is 0.228 e. The van der Waals surface area contributed by atoms with Crippen molar-refractivity contribution in [2.75, 3.05) is 20.1 Å². The number of hydrogen-bond acceptors (Lipinski definition) is 4. The number of nitrogens with one attached hydrogen (secondary N) is 1. The van der Waals surface area contributed by atoms with Crippen molar-refractivity contribution in [1.82, 2.24) is 20.2 Å². The molecule has 6 nitrogen and oxygen atoms in total. The third kappa shape index (κ3) is 4.48. The van der Waals surface area contributed by atoms with Gasteiger partial charge in [-0.25, -0.2) is 0 Å². The first-order chi connectivity index (χ1) is 15.1. The lowest BCUT2D eigenvalue weighted by Crippen LogP contribution is -2.44. The lowest BCUT2D eigenvalue weighted by Gasteiger charge is -2.28. The molecule has 3 aromatic rings.